The van der Waals surface area contributed by atoms with Crippen LogP contribution in [-0.2, 0) is 19.3 Å². The number of halogens is 4. The van der Waals surface area contributed by atoms with E-state index < -0.39 is 23.2 Å². The lowest BCUT2D eigenvalue weighted by atomic mass is 10.1. The molecule has 1 atom stereocenters. The van der Waals surface area contributed by atoms with Crippen LogP contribution in [0.2, 0.25) is 0 Å². The maximum Gasteiger partial charge on any atom is 0.416 e. The first kappa shape index (κ1) is 22.6. The summed E-state index contributed by atoms with van der Waals surface area (Å²) in [6, 6.07) is 10.1. The van der Waals surface area contributed by atoms with E-state index in [0.717, 1.165) is 24.6 Å². The highest BCUT2D eigenvalue weighted by Crippen LogP contribution is 2.33. The van der Waals surface area contributed by atoms with Gasteiger partial charge in [-0.2, -0.15) is 18.2 Å². The molecule has 0 saturated heterocycles. The fraction of sp³-hybridized carbons (Fsp3) is 0.304. The predicted molar refractivity (Wildman–Crippen MR) is 113 cm³/mol. The number of ether oxygens (including phenoxy) is 2. The summed E-state index contributed by atoms with van der Waals surface area (Å²) in [5.41, 5.74) is -0.874. The molecule has 0 fully saturated rings. The zero-order valence-corrected chi connectivity index (χ0v) is 17.9. The number of aromatic nitrogens is 2. The van der Waals surface area contributed by atoms with Crippen LogP contribution in [-0.4, -0.2) is 22.6 Å². The maximum absolute atomic E-state index is 14.5. The molecule has 0 N–H and O–H groups in total. The van der Waals surface area contributed by atoms with Gasteiger partial charge in [0.25, 0.3) is 0 Å². The second-order valence-corrected chi connectivity index (χ2v) is 7.82. The normalized spacial score (nSPS) is 15.8. The summed E-state index contributed by atoms with van der Waals surface area (Å²) in [5.74, 6) is -0.305. The largest absolute Gasteiger partial charge is 0.473 e. The second-order valence-electron chi connectivity index (χ2n) is 7.82. The first-order chi connectivity index (χ1) is 15.6. The number of alkyl halides is 3. The second kappa shape index (κ2) is 8.76. The van der Waals surface area contributed by atoms with E-state index in [4.69, 9.17) is 9.47 Å². The molecule has 33 heavy (non-hydrogen) atoms. The van der Waals surface area contributed by atoms with Crippen molar-refractivity contribution in [2.24, 2.45) is 0 Å². The number of nitrogens with zero attached hydrogens (tertiary/aromatic N) is 3. The van der Waals surface area contributed by atoms with Crippen molar-refractivity contribution in [3.63, 3.8) is 0 Å². The molecule has 6 nitrogen and oxygen atoms in total. The van der Waals surface area contributed by atoms with E-state index in [-0.39, 0.29) is 30.0 Å². The van der Waals surface area contributed by atoms with Crippen molar-refractivity contribution in [1.82, 2.24) is 9.55 Å². The van der Waals surface area contributed by atoms with Crippen LogP contribution in [0, 0.1) is 5.82 Å². The summed E-state index contributed by atoms with van der Waals surface area (Å²) in [5, 5.41) is 0. The molecule has 2 aromatic carbocycles. The van der Waals surface area contributed by atoms with Crippen LogP contribution in [0.5, 0.6) is 17.4 Å². The van der Waals surface area contributed by atoms with Crippen LogP contribution in [0.4, 0.5) is 23.4 Å². The smallest absolute Gasteiger partial charge is 0.416 e. The lowest BCUT2D eigenvalue weighted by Crippen LogP contribution is -2.41. The molecule has 174 valence electrons. The van der Waals surface area contributed by atoms with Gasteiger partial charge in [0.2, 0.25) is 5.88 Å². The van der Waals surface area contributed by atoms with Gasteiger partial charge >= 0.3 is 11.9 Å². The summed E-state index contributed by atoms with van der Waals surface area (Å²) >= 11 is 0. The monoisotopic (exact) mass is 463 g/mol. The fourth-order valence-corrected chi connectivity index (χ4v) is 3.52. The molecule has 0 radical (unpaired) electrons. The number of anilines is 1. The minimum Gasteiger partial charge on any atom is -0.473 e. The molecule has 3 aromatic rings. The van der Waals surface area contributed by atoms with Gasteiger partial charge in [0.15, 0.2) is 11.6 Å². The highest BCUT2D eigenvalue weighted by Gasteiger charge is 2.30. The number of rotatable bonds is 5. The van der Waals surface area contributed by atoms with Crippen molar-refractivity contribution in [2.75, 3.05) is 11.9 Å². The van der Waals surface area contributed by atoms with Crippen LogP contribution in [0.15, 0.2) is 53.3 Å². The summed E-state index contributed by atoms with van der Waals surface area (Å²) in [6.45, 7) is 2.57. The molecule has 0 unspecified atom stereocenters. The topological polar surface area (TPSA) is 56.6 Å². The Balaban J connectivity index is 1.47. The average molecular weight is 463 g/mol. The Morgan fingerprint density at radius 3 is 2.67 bits per heavy atom. The maximum atomic E-state index is 14.5. The summed E-state index contributed by atoms with van der Waals surface area (Å²) in [7, 11) is 1.89. The van der Waals surface area contributed by atoms with Crippen LogP contribution in [0.1, 0.15) is 24.5 Å². The van der Waals surface area contributed by atoms with Gasteiger partial charge in [0.05, 0.1) is 5.56 Å². The SMILES string of the molecule is C[C@H]1CCn2c(cc(OCc3ccc(Oc4cccc(C(F)(F)F)c4)c(F)c3)nc2=O)N1C. The fourth-order valence-electron chi connectivity index (χ4n) is 3.52. The van der Waals surface area contributed by atoms with Gasteiger partial charge in [-0.05, 0) is 49.2 Å². The third kappa shape index (κ3) is 4.94. The van der Waals surface area contributed by atoms with E-state index in [1.54, 1.807) is 10.6 Å². The molecular formula is C23H21F4N3O3. The van der Waals surface area contributed by atoms with Gasteiger partial charge < -0.3 is 14.4 Å². The quantitative estimate of drug-likeness (QED) is 0.499. The highest BCUT2D eigenvalue weighted by atomic mass is 19.4. The van der Waals surface area contributed by atoms with E-state index in [1.807, 2.05) is 11.9 Å². The standard InChI is InChI=1S/C23H21F4N3O3/c1-14-8-9-30-21(29(14)2)12-20(28-22(30)31)32-13-15-6-7-19(18(24)10-15)33-17-5-3-4-16(11-17)23(25,26)27/h3-7,10-12,14H,8-9,13H2,1-2H3/t14-/m0/s1. The van der Waals surface area contributed by atoms with Gasteiger partial charge in [-0.15, -0.1) is 0 Å². The lowest BCUT2D eigenvalue weighted by molar-refractivity contribution is -0.137. The Hall–Kier alpha value is -3.56. The first-order valence-corrected chi connectivity index (χ1v) is 10.2. The molecule has 0 bridgehead atoms. The Bertz CT molecular complexity index is 1230. The average Bonchev–Trinajstić information content (AvgIpc) is 2.76. The van der Waals surface area contributed by atoms with Crippen molar-refractivity contribution in [2.45, 2.75) is 38.7 Å². The molecule has 1 aliphatic rings. The minimum absolute atomic E-state index is 0.0596. The predicted octanol–water partition coefficient (Wildman–Crippen LogP) is 5.00. The number of hydrogen-bond acceptors (Lipinski definition) is 5. The first-order valence-electron chi connectivity index (χ1n) is 10.2. The van der Waals surface area contributed by atoms with Gasteiger partial charge in [-0.1, -0.05) is 12.1 Å². The van der Waals surface area contributed by atoms with E-state index >= 15 is 0 Å². The van der Waals surface area contributed by atoms with E-state index in [9.17, 15) is 22.4 Å². The zero-order chi connectivity index (χ0) is 23.8. The molecule has 0 amide bonds. The Labute approximate surface area is 187 Å². The summed E-state index contributed by atoms with van der Waals surface area (Å²) in [6.07, 6.45) is -3.70. The number of fused-ring (bicyclic) bond motifs is 1. The van der Waals surface area contributed by atoms with Crippen molar-refractivity contribution >= 4 is 5.82 Å². The summed E-state index contributed by atoms with van der Waals surface area (Å²) in [4.78, 5) is 18.2. The Morgan fingerprint density at radius 1 is 1.15 bits per heavy atom. The van der Waals surface area contributed by atoms with Crippen molar-refractivity contribution in [3.05, 3.63) is 76.0 Å². The summed E-state index contributed by atoms with van der Waals surface area (Å²) < 4.78 is 65.5. The highest BCUT2D eigenvalue weighted by molar-refractivity contribution is 5.44. The van der Waals surface area contributed by atoms with Crippen LogP contribution in [0.25, 0.3) is 0 Å². The van der Waals surface area contributed by atoms with Crippen molar-refractivity contribution in [3.8, 4) is 17.4 Å². The lowest BCUT2D eigenvalue weighted by Gasteiger charge is -2.34. The van der Waals surface area contributed by atoms with E-state index in [2.05, 4.69) is 11.9 Å². The molecule has 4 rings (SSSR count). The van der Waals surface area contributed by atoms with Gasteiger partial charge in [-0.3, -0.25) is 4.57 Å². The number of benzene rings is 2. The Kier molecular flexibility index (Phi) is 6.01. The van der Waals surface area contributed by atoms with Crippen LogP contribution < -0.4 is 20.1 Å². The van der Waals surface area contributed by atoms with Crippen LogP contribution in [0.3, 0.4) is 0 Å². The zero-order valence-electron chi connectivity index (χ0n) is 17.9. The molecule has 1 aliphatic heterocycles. The van der Waals surface area contributed by atoms with Gasteiger partial charge in [-0.25, -0.2) is 9.18 Å². The molecule has 0 aliphatic carbocycles. The van der Waals surface area contributed by atoms with E-state index in [1.165, 1.54) is 24.3 Å². The molecule has 1 aromatic heterocycles. The van der Waals surface area contributed by atoms with Crippen molar-refractivity contribution in [1.29, 1.82) is 0 Å². The number of hydrogen-bond donors (Lipinski definition) is 0. The Morgan fingerprint density at radius 2 is 1.94 bits per heavy atom. The molecule has 10 heteroatoms. The molecule has 0 saturated carbocycles. The van der Waals surface area contributed by atoms with Gasteiger partial charge in [0, 0.05) is 25.7 Å². The molecule has 0 spiro atoms. The van der Waals surface area contributed by atoms with E-state index in [0.29, 0.717) is 17.9 Å². The third-order valence-corrected chi connectivity index (χ3v) is 5.53. The molecule has 2 heterocycles. The van der Waals surface area contributed by atoms with Gasteiger partial charge in [0.1, 0.15) is 18.2 Å². The minimum atomic E-state index is -4.53. The molecular weight excluding hydrogens is 442 g/mol. The van der Waals surface area contributed by atoms with Crippen LogP contribution >= 0.6 is 0 Å². The van der Waals surface area contributed by atoms with Crippen molar-refractivity contribution < 1.29 is 27.0 Å². The third-order valence-electron chi connectivity index (χ3n) is 5.53.